The third-order valence-corrected chi connectivity index (χ3v) is 2.67. The molecule has 2 heteroatoms. The third-order valence-electron chi connectivity index (χ3n) is 2.67. The van der Waals surface area contributed by atoms with Gasteiger partial charge >= 0.3 is 0 Å². The Morgan fingerprint density at radius 1 is 1.29 bits per heavy atom. The molecule has 1 aromatic rings. The quantitative estimate of drug-likeness (QED) is 0.700. The van der Waals surface area contributed by atoms with Crippen LogP contribution in [0.25, 0.3) is 0 Å². The van der Waals surface area contributed by atoms with E-state index in [9.17, 15) is 0 Å². The SMILES string of the molecule is CC1(C)OC=NC1Cc1ccccc1. The van der Waals surface area contributed by atoms with Gasteiger partial charge in [0.15, 0.2) is 6.40 Å². The molecule has 2 rings (SSSR count). The van der Waals surface area contributed by atoms with Crippen LogP contribution < -0.4 is 0 Å². The molecular weight excluding hydrogens is 174 g/mol. The number of ether oxygens (including phenoxy) is 1. The van der Waals surface area contributed by atoms with Crippen LogP contribution in [0.2, 0.25) is 0 Å². The maximum absolute atomic E-state index is 5.43. The van der Waals surface area contributed by atoms with Crippen LogP contribution in [0, 0.1) is 0 Å². The predicted molar refractivity (Wildman–Crippen MR) is 57.6 cm³/mol. The second kappa shape index (κ2) is 3.45. The maximum atomic E-state index is 5.43. The highest BCUT2D eigenvalue weighted by Gasteiger charge is 2.34. The van der Waals surface area contributed by atoms with Crippen molar-refractivity contribution < 1.29 is 4.74 Å². The van der Waals surface area contributed by atoms with Gasteiger partial charge in [-0.05, 0) is 25.8 Å². The molecule has 0 saturated heterocycles. The highest BCUT2D eigenvalue weighted by Crippen LogP contribution is 2.24. The first-order valence-corrected chi connectivity index (χ1v) is 4.92. The van der Waals surface area contributed by atoms with Crippen molar-refractivity contribution in [3.63, 3.8) is 0 Å². The largest absolute Gasteiger partial charge is 0.476 e. The molecule has 0 aliphatic carbocycles. The smallest absolute Gasteiger partial charge is 0.170 e. The Labute approximate surface area is 84.6 Å². The van der Waals surface area contributed by atoms with E-state index < -0.39 is 0 Å². The van der Waals surface area contributed by atoms with E-state index in [1.54, 1.807) is 6.40 Å². The Hall–Kier alpha value is -1.31. The molecule has 1 atom stereocenters. The average molecular weight is 189 g/mol. The molecule has 14 heavy (non-hydrogen) atoms. The van der Waals surface area contributed by atoms with Gasteiger partial charge in [-0.1, -0.05) is 30.3 Å². The number of nitrogens with zero attached hydrogens (tertiary/aromatic N) is 1. The fourth-order valence-electron chi connectivity index (χ4n) is 1.63. The minimum atomic E-state index is -0.157. The molecular formula is C12H15NO. The topological polar surface area (TPSA) is 21.6 Å². The molecule has 1 heterocycles. The zero-order valence-electron chi connectivity index (χ0n) is 8.60. The van der Waals surface area contributed by atoms with Gasteiger partial charge in [-0.2, -0.15) is 0 Å². The summed E-state index contributed by atoms with van der Waals surface area (Å²) in [7, 11) is 0. The molecule has 0 aromatic heterocycles. The maximum Gasteiger partial charge on any atom is 0.170 e. The molecule has 0 spiro atoms. The van der Waals surface area contributed by atoms with Crippen LogP contribution in [-0.4, -0.2) is 18.0 Å². The molecule has 1 aliphatic rings. The molecule has 0 fully saturated rings. The molecule has 1 aromatic carbocycles. The monoisotopic (exact) mass is 189 g/mol. The number of hydrogen-bond donors (Lipinski definition) is 0. The van der Waals surface area contributed by atoms with Crippen molar-refractivity contribution in [1.82, 2.24) is 0 Å². The van der Waals surface area contributed by atoms with Gasteiger partial charge in [0, 0.05) is 0 Å². The number of benzene rings is 1. The molecule has 0 N–H and O–H groups in total. The number of rotatable bonds is 2. The number of aliphatic imine (C=N–C) groups is 1. The van der Waals surface area contributed by atoms with Gasteiger partial charge in [0.25, 0.3) is 0 Å². The van der Waals surface area contributed by atoms with Crippen molar-refractivity contribution in [2.24, 2.45) is 4.99 Å². The first-order valence-electron chi connectivity index (χ1n) is 4.92. The Balaban J connectivity index is 2.09. The zero-order chi connectivity index (χ0) is 10.0. The van der Waals surface area contributed by atoms with Crippen molar-refractivity contribution in [2.45, 2.75) is 31.9 Å². The molecule has 0 radical (unpaired) electrons. The van der Waals surface area contributed by atoms with Gasteiger partial charge in [0.2, 0.25) is 0 Å². The standard InChI is InChI=1S/C12H15NO/c1-12(2)11(13-9-14-12)8-10-6-4-3-5-7-10/h3-7,9,11H,8H2,1-2H3. The Kier molecular flexibility index (Phi) is 2.28. The van der Waals surface area contributed by atoms with E-state index in [-0.39, 0.29) is 11.6 Å². The van der Waals surface area contributed by atoms with Gasteiger partial charge in [-0.3, -0.25) is 4.99 Å². The predicted octanol–water partition coefficient (Wildman–Crippen LogP) is 2.43. The van der Waals surface area contributed by atoms with Crippen LogP contribution in [0.4, 0.5) is 0 Å². The van der Waals surface area contributed by atoms with Crippen molar-refractivity contribution in [1.29, 1.82) is 0 Å². The summed E-state index contributed by atoms with van der Waals surface area (Å²) in [6.45, 7) is 4.15. The lowest BCUT2D eigenvalue weighted by Gasteiger charge is -2.24. The van der Waals surface area contributed by atoms with Gasteiger partial charge in [-0.25, -0.2) is 0 Å². The van der Waals surface area contributed by atoms with Crippen molar-refractivity contribution in [3.05, 3.63) is 35.9 Å². The second-order valence-electron chi connectivity index (χ2n) is 4.18. The fourth-order valence-corrected chi connectivity index (χ4v) is 1.63. The van der Waals surface area contributed by atoms with E-state index >= 15 is 0 Å². The van der Waals surface area contributed by atoms with Crippen LogP contribution in [0.15, 0.2) is 35.3 Å². The summed E-state index contributed by atoms with van der Waals surface area (Å²) in [4.78, 5) is 4.34. The van der Waals surface area contributed by atoms with E-state index in [1.165, 1.54) is 5.56 Å². The van der Waals surface area contributed by atoms with Crippen LogP contribution in [0.1, 0.15) is 19.4 Å². The van der Waals surface area contributed by atoms with Crippen LogP contribution in [0.3, 0.4) is 0 Å². The summed E-state index contributed by atoms with van der Waals surface area (Å²) in [5.74, 6) is 0. The van der Waals surface area contributed by atoms with E-state index in [1.807, 2.05) is 6.07 Å². The summed E-state index contributed by atoms with van der Waals surface area (Å²) < 4.78 is 5.43. The van der Waals surface area contributed by atoms with Crippen LogP contribution in [-0.2, 0) is 11.2 Å². The number of hydrogen-bond acceptors (Lipinski definition) is 2. The lowest BCUT2D eigenvalue weighted by atomic mass is 9.93. The van der Waals surface area contributed by atoms with Gasteiger partial charge < -0.3 is 4.74 Å². The van der Waals surface area contributed by atoms with Gasteiger partial charge in [0.1, 0.15) is 5.60 Å². The van der Waals surface area contributed by atoms with Crippen LogP contribution in [0.5, 0.6) is 0 Å². The summed E-state index contributed by atoms with van der Waals surface area (Å²) >= 11 is 0. The zero-order valence-corrected chi connectivity index (χ0v) is 8.60. The minimum absolute atomic E-state index is 0.157. The van der Waals surface area contributed by atoms with Crippen molar-refractivity contribution in [2.75, 3.05) is 0 Å². The minimum Gasteiger partial charge on any atom is -0.476 e. The molecule has 2 nitrogen and oxygen atoms in total. The van der Waals surface area contributed by atoms with Crippen molar-refractivity contribution >= 4 is 6.40 Å². The van der Waals surface area contributed by atoms with E-state index in [4.69, 9.17) is 4.74 Å². The fraction of sp³-hybridized carbons (Fsp3) is 0.417. The van der Waals surface area contributed by atoms with Gasteiger partial charge in [-0.15, -0.1) is 0 Å². The molecule has 0 bridgehead atoms. The molecule has 0 amide bonds. The first-order chi connectivity index (χ1) is 6.68. The average Bonchev–Trinajstić information content (AvgIpc) is 2.48. The summed E-state index contributed by atoms with van der Waals surface area (Å²) in [6.07, 6.45) is 2.53. The van der Waals surface area contributed by atoms with Crippen molar-refractivity contribution in [3.8, 4) is 0 Å². The molecule has 0 saturated carbocycles. The van der Waals surface area contributed by atoms with E-state index in [2.05, 4.69) is 43.1 Å². The molecule has 1 aliphatic heterocycles. The van der Waals surface area contributed by atoms with E-state index in [0.717, 1.165) is 6.42 Å². The normalized spacial score (nSPS) is 23.4. The molecule has 74 valence electrons. The van der Waals surface area contributed by atoms with E-state index in [0.29, 0.717) is 0 Å². The summed E-state index contributed by atoms with van der Waals surface area (Å²) in [6, 6.07) is 10.6. The van der Waals surface area contributed by atoms with Crippen LogP contribution >= 0.6 is 0 Å². The first kappa shape index (κ1) is 9.25. The lowest BCUT2D eigenvalue weighted by molar-refractivity contribution is 0.103. The summed E-state index contributed by atoms with van der Waals surface area (Å²) in [5.41, 5.74) is 1.16. The lowest BCUT2D eigenvalue weighted by Crippen LogP contribution is -2.34. The highest BCUT2D eigenvalue weighted by molar-refractivity contribution is 5.51. The Bertz CT molecular complexity index is 329. The summed E-state index contributed by atoms with van der Waals surface area (Å²) in [5, 5.41) is 0. The highest BCUT2D eigenvalue weighted by atomic mass is 16.5. The Morgan fingerprint density at radius 2 is 2.00 bits per heavy atom. The second-order valence-corrected chi connectivity index (χ2v) is 4.18. The molecule has 1 unspecified atom stereocenters. The third kappa shape index (κ3) is 1.79. The Morgan fingerprint density at radius 3 is 2.57 bits per heavy atom. The van der Waals surface area contributed by atoms with Gasteiger partial charge in [0.05, 0.1) is 6.04 Å².